The Hall–Kier alpha value is -0.830. The van der Waals surface area contributed by atoms with E-state index >= 15 is 0 Å². The lowest BCUT2D eigenvalue weighted by molar-refractivity contribution is 0.991. The fraction of sp³-hybridized carbons (Fsp3) is 0. The summed E-state index contributed by atoms with van der Waals surface area (Å²) in [5, 5.41) is 3.86. The van der Waals surface area contributed by atoms with Crippen molar-refractivity contribution >= 4 is 26.2 Å². The van der Waals surface area contributed by atoms with Crippen molar-refractivity contribution in [1.29, 1.82) is 0 Å². The van der Waals surface area contributed by atoms with Crippen LogP contribution >= 0.6 is 15.9 Å². The SMILES string of the molecule is BrC1=N[N]c2ccccc21. The van der Waals surface area contributed by atoms with Crippen molar-refractivity contribution in [3.8, 4) is 0 Å². The summed E-state index contributed by atoms with van der Waals surface area (Å²) in [4.78, 5) is 0. The van der Waals surface area contributed by atoms with Gasteiger partial charge >= 0.3 is 0 Å². The van der Waals surface area contributed by atoms with Crippen molar-refractivity contribution in [2.45, 2.75) is 0 Å². The van der Waals surface area contributed by atoms with Crippen LogP contribution in [0.3, 0.4) is 0 Å². The predicted molar refractivity (Wildman–Crippen MR) is 43.7 cm³/mol. The number of hydrogen-bond acceptors (Lipinski definition) is 1. The Morgan fingerprint density at radius 2 is 2.00 bits per heavy atom. The molecule has 0 fully saturated rings. The van der Waals surface area contributed by atoms with Crippen LogP contribution in [0.1, 0.15) is 5.56 Å². The van der Waals surface area contributed by atoms with Crippen molar-refractivity contribution < 1.29 is 0 Å². The molecule has 1 aliphatic heterocycles. The third-order valence-corrected chi connectivity index (χ3v) is 1.96. The minimum absolute atomic E-state index is 0.822. The van der Waals surface area contributed by atoms with Gasteiger partial charge in [0, 0.05) is 5.56 Å². The van der Waals surface area contributed by atoms with Gasteiger partial charge in [-0.1, -0.05) is 12.1 Å². The number of fused-ring (bicyclic) bond motifs is 1. The molecular weight excluding hydrogens is 192 g/mol. The first-order valence-corrected chi connectivity index (χ1v) is 3.71. The van der Waals surface area contributed by atoms with Gasteiger partial charge in [0.2, 0.25) is 0 Å². The molecule has 0 unspecified atom stereocenters. The maximum Gasteiger partial charge on any atom is 0.138 e. The van der Waals surface area contributed by atoms with Gasteiger partial charge in [0.1, 0.15) is 4.62 Å². The van der Waals surface area contributed by atoms with Crippen LogP contribution in [0.4, 0.5) is 5.69 Å². The summed E-state index contributed by atoms with van der Waals surface area (Å²) in [5.74, 6) is 0. The molecule has 0 amide bonds. The highest BCUT2D eigenvalue weighted by molar-refractivity contribution is 9.18. The number of halogens is 1. The molecule has 0 spiro atoms. The van der Waals surface area contributed by atoms with E-state index in [-0.39, 0.29) is 0 Å². The number of nitrogens with zero attached hydrogens (tertiary/aromatic N) is 2. The molecule has 0 saturated heterocycles. The van der Waals surface area contributed by atoms with E-state index in [9.17, 15) is 0 Å². The molecule has 3 heteroatoms. The van der Waals surface area contributed by atoms with Crippen LogP contribution in [0.25, 0.3) is 0 Å². The second kappa shape index (κ2) is 2.09. The molecule has 0 aromatic heterocycles. The molecule has 49 valence electrons. The topological polar surface area (TPSA) is 26.5 Å². The van der Waals surface area contributed by atoms with Gasteiger partial charge in [-0.05, 0) is 28.1 Å². The van der Waals surface area contributed by atoms with Crippen molar-refractivity contribution in [3.05, 3.63) is 29.8 Å². The molecule has 1 aromatic rings. The Morgan fingerprint density at radius 1 is 1.20 bits per heavy atom. The Kier molecular flexibility index (Phi) is 1.24. The molecule has 0 aliphatic carbocycles. The summed E-state index contributed by atoms with van der Waals surface area (Å²) in [7, 11) is 0. The van der Waals surface area contributed by atoms with E-state index in [4.69, 9.17) is 0 Å². The fourth-order valence-corrected chi connectivity index (χ4v) is 1.30. The number of hydrogen-bond donors (Lipinski definition) is 0. The van der Waals surface area contributed by atoms with Gasteiger partial charge < -0.3 is 0 Å². The molecule has 1 aliphatic rings. The molecule has 0 bridgehead atoms. The Labute approximate surface area is 67.1 Å². The smallest absolute Gasteiger partial charge is 0.138 e. The van der Waals surface area contributed by atoms with Crippen molar-refractivity contribution in [3.63, 3.8) is 0 Å². The summed E-state index contributed by atoms with van der Waals surface area (Å²) >= 11 is 3.29. The average Bonchev–Trinajstić information content (AvgIpc) is 2.34. The zero-order valence-electron chi connectivity index (χ0n) is 5.08. The van der Waals surface area contributed by atoms with Crippen molar-refractivity contribution in [2.75, 3.05) is 0 Å². The second-order valence-electron chi connectivity index (χ2n) is 2.01. The summed E-state index contributed by atoms with van der Waals surface area (Å²) < 4.78 is 0.822. The Balaban J connectivity index is 2.61. The van der Waals surface area contributed by atoms with Crippen molar-refractivity contribution in [1.82, 2.24) is 5.43 Å². The highest BCUT2D eigenvalue weighted by Gasteiger charge is 2.12. The van der Waals surface area contributed by atoms with Gasteiger partial charge in [-0.3, -0.25) is 0 Å². The Bertz CT molecular complexity index is 293. The van der Waals surface area contributed by atoms with E-state index in [2.05, 4.69) is 26.5 Å². The van der Waals surface area contributed by atoms with Crippen LogP contribution in [0, 0.1) is 0 Å². The van der Waals surface area contributed by atoms with Crippen LogP contribution in [0.5, 0.6) is 0 Å². The summed E-state index contributed by atoms with van der Waals surface area (Å²) in [6, 6.07) is 7.84. The molecule has 2 nitrogen and oxygen atoms in total. The first-order chi connectivity index (χ1) is 4.88. The monoisotopic (exact) mass is 195 g/mol. The highest BCUT2D eigenvalue weighted by atomic mass is 79.9. The van der Waals surface area contributed by atoms with Gasteiger partial charge in [0.05, 0.1) is 5.69 Å². The number of rotatable bonds is 0. The van der Waals surface area contributed by atoms with E-state index in [1.165, 1.54) is 0 Å². The van der Waals surface area contributed by atoms with Crippen LogP contribution in [0.2, 0.25) is 0 Å². The minimum atomic E-state index is 0.822. The minimum Gasteiger partial charge on any atom is -0.149 e. The first kappa shape index (κ1) is 5.92. The lowest BCUT2D eigenvalue weighted by Gasteiger charge is -1.91. The summed E-state index contributed by atoms with van der Waals surface area (Å²) in [6.07, 6.45) is 0. The maximum atomic E-state index is 3.92. The molecule has 0 saturated carbocycles. The Morgan fingerprint density at radius 3 is 2.80 bits per heavy atom. The largest absolute Gasteiger partial charge is 0.149 e. The van der Waals surface area contributed by atoms with Gasteiger partial charge in [-0.15, -0.1) is 10.5 Å². The molecule has 1 radical (unpaired) electrons. The maximum absolute atomic E-state index is 3.92. The van der Waals surface area contributed by atoms with Gasteiger partial charge in [0.15, 0.2) is 0 Å². The van der Waals surface area contributed by atoms with Gasteiger partial charge in [-0.2, -0.15) is 0 Å². The predicted octanol–water partition coefficient (Wildman–Crippen LogP) is 1.99. The van der Waals surface area contributed by atoms with Gasteiger partial charge in [0.25, 0.3) is 0 Å². The third-order valence-electron chi connectivity index (χ3n) is 1.37. The highest BCUT2D eigenvalue weighted by Crippen LogP contribution is 2.23. The van der Waals surface area contributed by atoms with E-state index < -0.39 is 0 Å². The molecule has 10 heavy (non-hydrogen) atoms. The normalized spacial score (nSPS) is 13.9. The van der Waals surface area contributed by atoms with E-state index in [0.717, 1.165) is 15.9 Å². The standard InChI is InChI=1S/C7H4BrN2/c8-7-5-3-1-2-4-6(5)9-10-7/h1-4H. The molecular formula is C7H4BrN2. The third kappa shape index (κ3) is 0.743. The summed E-state index contributed by atoms with van der Waals surface area (Å²) in [5.41, 5.74) is 5.93. The van der Waals surface area contributed by atoms with E-state index in [1.807, 2.05) is 24.3 Å². The van der Waals surface area contributed by atoms with E-state index in [1.54, 1.807) is 0 Å². The zero-order valence-corrected chi connectivity index (χ0v) is 6.67. The summed E-state index contributed by atoms with van der Waals surface area (Å²) in [6.45, 7) is 0. The van der Waals surface area contributed by atoms with Crippen LogP contribution in [-0.2, 0) is 0 Å². The van der Waals surface area contributed by atoms with E-state index in [0.29, 0.717) is 0 Å². The molecule has 0 N–H and O–H groups in total. The molecule has 2 rings (SSSR count). The lowest BCUT2D eigenvalue weighted by atomic mass is 10.2. The van der Waals surface area contributed by atoms with Crippen LogP contribution < -0.4 is 5.43 Å². The van der Waals surface area contributed by atoms with Crippen LogP contribution in [-0.4, -0.2) is 4.62 Å². The van der Waals surface area contributed by atoms with Crippen LogP contribution in [0.15, 0.2) is 29.4 Å². The number of benzene rings is 1. The zero-order chi connectivity index (χ0) is 6.97. The first-order valence-electron chi connectivity index (χ1n) is 2.91. The van der Waals surface area contributed by atoms with Gasteiger partial charge in [-0.25, -0.2) is 0 Å². The molecule has 0 atom stereocenters. The molecule has 1 heterocycles. The van der Waals surface area contributed by atoms with Crippen molar-refractivity contribution in [2.24, 2.45) is 5.10 Å². The fourth-order valence-electron chi connectivity index (χ4n) is 0.887. The second-order valence-corrected chi connectivity index (χ2v) is 2.76. The lowest BCUT2D eigenvalue weighted by Crippen LogP contribution is -1.82. The quantitative estimate of drug-likeness (QED) is 0.606. The molecule has 1 aromatic carbocycles. The average molecular weight is 196 g/mol.